The molecule has 0 fully saturated rings. The Balaban J connectivity index is 1.48. The minimum absolute atomic E-state index is 0.0252. The molecule has 4 aromatic rings. The summed E-state index contributed by atoms with van der Waals surface area (Å²) in [5.41, 5.74) is 6.40. The minimum Gasteiger partial charge on any atom is -0.395 e. The van der Waals surface area contributed by atoms with E-state index in [-0.39, 0.29) is 18.2 Å². The first-order chi connectivity index (χ1) is 17.4. The van der Waals surface area contributed by atoms with E-state index in [2.05, 4.69) is 25.6 Å². The van der Waals surface area contributed by atoms with Crippen LogP contribution in [0.25, 0.3) is 11.3 Å². The summed E-state index contributed by atoms with van der Waals surface area (Å²) in [6, 6.07) is 19.3. The van der Waals surface area contributed by atoms with Gasteiger partial charge in [-0.15, -0.1) is 22.7 Å². The molecule has 0 atom stereocenters. The molecule has 0 saturated carbocycles. The predicted molar refractivity (Wildman–Crippen MR) is 146 cm³/mol. The topological polar surface area (TPSA) is 103 Å². The highest BCUT2D eigenvalue weighted by molar-refractivity contribution is 7.15. The van der Waals surface area contributed by atoms with Crippen LogP contribution in [0, 0.1) is 6.92 Å². The average Bonchev–Trinajstić information content (AvgIpc) is 3.61. The second-order valence-corrected chi connectivity index (χ2v) is 10.9. The maximum absolute atomic E-state index is 13.5. The second kappa shape index (κ2) is 9.73. The van der Waals surface area contributed by atoms with E-state index in [0.29, 0.717) is 16.0 Å². The van der Waals surface area contributed by atoms with Crippen LogP contribution < -0.4 is 10.4 Å². The molecule has 2 aromatic carbocycles. The highest BCUT2D eigenvalue weighted by Gasteiger charge is 2.36. The van der Waals surface area contributed by atoms with Gasteiger partial charge < -0.3 is 5.11 Å². The highest BCUT2D eigenvalue weighted by Crippen LogP contribution is 2.32. The van der Waals surface area contributed by atoms with Crippen LogP contribution in [0.2, 0.25) is 0 Å². The van der Waals surface area contributed by atoms with Gasteiger partial charge in [-0.2, -0.15) is 15.2 Å². The van der Waals surface area contributed by atoms with Crippen LogP contribution in [0.1, 0.15) is 30.0 Å². The SMILES string of the molecule is Cc1sc(N/N=C2\C(=O)N(c3nc(-c4ccccc4)cs3)N=C2c2ccccc2)nc1C(C)(C)CO. The summed E-state index contributed by atoms with van der Waals surface area (Å²) in [7, 11) is 0. The minimum atomic E-state index is -0.481. The zero-order valence-corrected chi connectivity index (χ0v) is 21.6. The second-order valence-electron chi connectivity index (χ2n) is 8.85. The van der Waals surface area contributed by atoms with Gasteiger partial charge in [-0.1, -0.05) is 74.5 Å². The van der Waals surface area contributed by atoms with Crippen molar-refractivity contribution in [3.05, 3.63) is 82.2 Å². The number of aryl methyl sites for hydroxylation is 1. The molecule has 0 unspecified atom stereocenters. The molecule has 0 bridgehead atoms. The van der Waals surface area contributed by atoms with Gasteiger partial charge in [0, 0.05) is 26.8 Å². The molecule has 0 aliphatic carbocycles. The number of carbonyl (C=O) groups excluding carboxylic acids is 1. The summed E-state index contributed by atoms with van der Waals surface area (Å²) >= 11 is 2.77. The van der Waals surface area contributed by atoms with Crippen LogP contribution in [0.4, 0.5) is 10.3 Å². The van der Waals surface area contributed by atoms with E-state index in [1.165, 1.54) is 27.7 Å². The normalized spacial score (nSPS) is 15.0. The fourth-order valence-electron chi connectivity index (χ4n) is 3.77. The van der Waals surface area contributed by atoms with Crippen LogP contribution in [0.5, 0.6) is 0 Å². The number of nitrogens with zero attached hydrogens (tertiary/aromatic N) is 5. The molecule has 10 heteroatoms. The zero-order chi connectivity index (χ0) is 25.3. The Morgan fingerprint density at radius 1 is 1.03 bits per heavy atom. The van der Waals surface area contributed by atoms with Crippen molar-refractivity contribution < 1.29 is 9.90 Å². The summed E-state index contributed by atoms with van der Waals surface area (Å²) in [4.78, 5) is 23.7. The number of nitrogens with one attached hydrogen (secondary N) is 1. The van der Waals surface area contributed by atoms with E-state index >= 15 is 0 Å². The van der Waals surface area contributed by atoms with Crippen molar-refractivity contribution in [1.82, 2.24) is 9.97 Å². The Hall–Kier alpha value is -3.73. The zero-order valence-electron chi connectivity index (χ0n) is 20.0. The molecule has 1 aliphatic rings. The first-order valence-corrected chi connectivity index (χ1v) is 13.0. The lowest BCUT2D eigenvalue weighted by molar-refractivity contribution is -0.112. The standard InChI is InChI=1S/C26H24N6O2S2/c1-16-22(26(2,3)15-33)28-24(36-16)30-29-21-20(18-12-8-5-9-13-18)31-32(23(21)34)25-27-19(14-35-25)17-10-6-4-7-11-17/h4-14,33H,15H2,1-3H3,(H,28,30)/b29-21-. The molecule has 2 N–H and O–H groups in total. The van der Waals surface area contributed by atoms with Crippen molar-refractivity contribution in [1.29, 1.82) is 0 Å². The third-order valence-electron chi connectivity index (χ3n) is 5.71. The Morgan fingerprint density at radius 3 is 2.36 bits per heavy atom. The fourth-order valence-corrected chi connectivity index (χ4v) is 5.49. The summed E-state index contributed by atoms with van der Waals surface area (Å²) in [6.07, 6.45) is 0. The van der Waals surface area contributed by atoms with Gasteiger partial charge in [0.2, 0.25) is 10.3 Å². The van der Waals surface area contributed by atoms with Crippen molar-refractivity contribution in [2.75, 3.05) is 17.0 Å². The largest absolute Gasteiger partial charge is 0.395 e. The van der Waals surface area contributed by atoms with E-state index in [9.17, 15) is 9.90 Å². The molecule has 0 saturated heterocycles. The molecule has 2 aromatic heterocycles. The Kier molecular flexibility index (Phi) is 6.48. The number of aromatic nitrogens is 2. The number of amides is 1. The number of hydrogen-bond acceptors (Lipinski definition) is 9. The third-order valence-corrected chi connectivity index (χ3v) is 7.40. The Labute approximate surface area is 216 Å². The number of thiazole rings is 2. The monoisotopic (exact) mass is 516 g/mol. The average molecular weight is 517 g/mol. The lowest BCUT2D eigenvalue weighted by Crippen LogP contribution is -2.28. The number of benzene rings is 2. The van der Waals surface area contributed by atoms with Crippen molar-refractivity contribution in [2.45, 2.75) is 26.2 Å². The Bertz CT molecular complexity index is 1460. The van der Waals surface area contributed by atoms with Crippen LogP contribution in [-0.4, -0.2) is 39.0 Å². The smallest absolute Gasteiger partial charge is 0.303 e. The van der Waals surface area contributed by atoms with Gasteiger partial charge in [-0.05, 0) is 6.92 Å². The Morgan fingerprint density at radius 2 is 1.69 bits per heavy atom. The summed E-state index contributed by atoms with van der Waals surface area (Å²) < 4.78 is 0. The van der Waals surface area contributed by atoms with Crippen molar-refractivity contribution in [3.63, 3.8) is 0 Å². The van der Waals surface area contributed by atoms with Gasteiger partial charge in [0.05, 0.1) is 18.0 Å². The van der Waals surface area contributed by atoms with Crippen molar-refractivity contribution in [3.8, 4) is 11.3 Å². The van der Waals surface area contributed by atoms with Crippen LogP contribution in [0.15, 0.2) is 76.2 Å². The summed E-state index contributed by atoms with van der Waals surface area (Å²) in [5.74, 6) is -0.375. The lowest BCUT2D eigenvalue weighted by atomic mass is 9.90. The first-order valence-electron chi connectivity index (χ1n) is 11.3. The number of rotatable bonds is 7. The number of hydrazone groups is 2. The highest BCUT2D eigenvalue weighted by atomic mass is 32.1. The van der Waals surface area contributed by atoms with Crippen LogP contribution in [-0.2, 0) is 10.2 Å². The molecule has 3 heterocycles. The quantitative estimate of drug-likeness (QED) is 0.334. The lowest BCUT2D eigenvalue weighted by Gasteiger charge is -2.19. The van der Waals surface area contributed by atoms with Crippen molar-refractivity contribution in [2.24, 2.45) is 10.2 Å². The molecular weight excluding hydrogens is 492 g/mol. The van der Waals surface area contributed by atoms with E-state index in [1.807, 2.05) is 86.8 Å². The van der Waals surface area contributed by atoms with Gasteiger partial charge in [-0.25, -0.2) is 9.97 Å². The maximum atomic E-state index is 13.5. The number of aliphatic hydroxyl groups is 1. The molecule has 1 amide bonds. The number of aliphatic hydroxyl groups excluding tert-OH is 1. The fraction of sp³-hybridized carbons (Fsp3) is 0.192. The molecule has 8 nitrogen and oxygen atoms in total. The van der Waals surface area contributed by atoms with E-state index in [0.717, 1.165) is 27.4 Å². The van der Waals surface area contributed by atoms with Crippen LogP contribution >= 0.6 is 22.7 Å². The van der Waals surface area contributed by atoms with Gasteiger partial charge in [0.1, 0.15) is 5.71 Å². The van der Waals surface area contributed by atoms with Gasteiger partial charge in [-0.3, -0.25) is 10.2 Å². The van der Waals surface area contributed by atoms with E-state index < -0.39 is 5.41 Å². The molecule has 182 valence electrons. The third kappa shape index (κ3) is 4.58. The number of carbonyl (C=O) groups is 1. The van der Waals surface area contributed by atoms with Crippen LogP contribution in [0.3, 0.4) is 0 Å². The molecule has 36 heavy (non-hydrogen) atoms. The van der Waals surface area contributed by atoms with E-state index in [1.54, 1.807) is 0 Å². The van der Waals surface area contributed by atoms with Crippen molar-refractivity contribution >= 4 is 50.3 Å². The van der Waals surface area contributed by atoms with Gasteiger partial charge in [0.25, 0.3) is 0 Å². The molecule has 1 aliphatic heterocycles. The number of hydrogen-bond donors (Lipinski definition) is 2. The molecule has 5 rings (SSSR count). The predicted octanol–water partition coefficient (Wildman–Crippen LogP) is 5.06. The van der Waals surface area contributed by atoms with Gasteiger partial charge in [0.15, 0.2) is 5.71 Å². The number of anilines is 2. The van der Waals surface area contributed by atoms with Gasteiger partial charge >= 0.3 is 5.91 Å². The summed E-state index contributed by atoms with van der Waals surface area (Å²) in [5, 5.41) is 23.0. The summed E-state index contributed by atoms with van der Waals surface area (Å²) in [6.45, 7) is 5.79. The molecule has 0 spiro atoms. The molecule has 0 radical (unpaired) electrons. The van der Waals surface area contributed by atoms with E-state index in [4.69, 9.17) is 0 Å². The first kappa shape index (κ1) is 24.0. The maximum Gasteiger partial charge on any atom is 0.303 e. The molecular formula is C26H24N6O2S2.